The molecule has 8 heteroatoms. The van der Waals surface area contributed by atoms with E-state index >= 15 is 0 Å². The Labute approximate surface area is 114 Å². The number of carbonyl (C=O) groups is 3. The fourth-order valence-corrected chi connectivity index (χ4v) is 1.58. The first kappa shape index (κ1) is 15.4. The maximum Gasteiger partial charge on any atom is 0.254 e. The van der Waals surface area contributed by atoms with Crippen molar-refractivity contribution in [2.45, 2.75) is 6.92 Å². The van der Waals surface area contributed by atoms with E-state index < -0.39 is 36.6 Å². The van der Waals surface area contributed by atoms with Crippen LogP contribution < -0.4 is 17.2 Å². The van der Waals surface area contributed by atoms with Gasteiger partial charge in [0.2, 0.25) is 11.8 Å². The standard InChI is InChI=1S/C12H15FN4O3/c1-6-8(13)2-7(3-9(6)14)12(20)17(4-10(15)18)5-11(16)19/h2-3H,4-5,14H2,1H3,(H2,15,18)(H2,16,19). The van der Waals surface area contributed by atoms with Crippen LogP contribution in [0.25, 0.3) is 0 Å². The summed E-state index contributed by atoms with van der Waals surface area (Å²) in [7, 11) is 0. The number of anilines is 1. The third-order valence-electron chi connectivity index (χ3n) is 2.61. The van der Waals surface area contributed by atoms with Crippen LogP contribution in [-0.4, -0.2) is 35.7 Å². The molecule has 1 aromatic rings. The number of rotatable bonds is 5. The Kier molecular flexibility index (Phi) is 4.63. The van der Waals surface area contributed by atoms with Crippen LogP contribution in [0.1, 0.15) is 15.9 Å². The Morgan fingerprint density at radius 3 is 2.05 bits per heavy atom. The summed E-state index contributed by atoms with van der Waals surface area (Å²) in [6.45, 7) is 0.456. The molecule has 1 aromatic carbocycles. The molecule has 0 aromatic heterocycles. The van der Waals surface area contributed by atoms with Crippen molar-refractivity contribution >= 4 is 23.4 Å². The fourth-order valence-electron chi connectivity index (χ4n) is 1.58. The van der Waals surface area contributed by atoms with E-state index in [0.717, 1.165) is 11.0 Å². The molecule has 0 heterocycles. The third kappa shape index (κ3) is 3.67. The normalized spacial score (nSPS) is 10.1. The van der Waals surface area contributed by atoms with Crippen LogP contribution in [0.15, 0.2) is 12.1 Å². The molecule has 6 N–H and O–H groups in total. The van der Waals surface area contributed by atoms with Crippen LogP contribution in [-0.2, 0) is 9.59 Å². The summed E-state index contributed by atoms with van der Waals surface area (Å²) < 4.78 is 13.6. The fraction of sp³-hybridized carbons (Fsp3) is 0.250. The highest BCUT2D eigenvalue weighted by molar-refractivity contribution is 5.99. The number of primary amides is 2. The van der Waals surface area contributed by atoms with Gasteiger partial charge in [0.1, 0.15) is 18.9 Å². The lowest BCUT2D eigenvalue weighted by Crippen LogP contribution is -2.43. The van der Waals surface area contributed by atoms with Crippen molar-refractivity contribution in [2.24, 2.45) is 11.5 Å². The van der Waals surface area contributed by atoms with Crippen LogP contribution in [0.3, 0.4) is 0 Å². The lowest BCUT2D eigenvalue weighted by molar-refractivity contribution is -0.121. The highest BCUT2D eigenvalue weighted by atomic mass is 19.1. The molecule has 0 aliphatic rings. The quantitative estimate of drug-likeness (QED) is 0.605. The minimum atomic E-state index is -0.819. The molecule has 0 spiro atoms. The van der Waals surface area contributed by atoms with E-state index in [1.165, 1.54) is 13.0 Å². The molecule has 0 bridgehead atoms. The molecular weight excluding hydrogens is 267 g/mol. The number of nitrogens with two attached hydrogens (primary N) is 3. The van der Waals surface area contributed by atoms with Crippen molar-refractivity contribution in [1.29, 1.82) is 0 Å². The van der Waals surface area contributed by atoms with Crippen molar-refractivity contribution in [1.82, 2.24) is 4.90 Å². The predicted octanol–water partition coefficient (Wildman–Crippen LogP) is -0.871. The van der Waals surface area contributed by atoms with Crippen LogP contribution >= 0.6 is 0 Å². The van der Waals surface area contributed by atoms with E-state index in [-0.39, 0.29) is 16.8 Å². The maximum absolute atomic E-state index is 13.6. The van der Waals surface area contributed by atoms with E-state index in [4.69, 9.17) is 17.2 Å². The molecule has 7 nitrogen and oxygen atoms in total. The second-order valence-corrected chi connectivity index (χ2v) is 4.27. The van der Waals surface area contributed by atoms with Crippen molar-refractivity contribution in [2.75, 3.05) is 18.8 Å². The van der Waals surface area contributed by atoms with E-state index in [1.807, 2.05) is 0 Å². The number of hydrogen-bond acceptors (Lipinski definition) is 4. The predicted molar refractivity (Wildman–Crippen MR) is 69.8 cm³/mol. The zero-order valence-corrected chi connectivity index (χ0v) is 10.9. The Hall–Kier alpha value is -2.64. The Morgan fingerprint density at radius 1 is 1.15 bits per heavy atom. The van der Waals surface area contributed by atoms with Crippen molar-refractivity contribution in [3.63, 3.8) is 0 Å². The second kappa shape index (κ2) is 6.00. The van der Waals surface area contributed by atoms with Gasteiger partial charge in [0.15, 0.2) is 0 Å². The monoisotopic (exact) mass is 282 g/mol. The summed E-state index contributed by atoms with van der Waals surface area (Å²) in [5.74, 6) is -3.06. The first-order valence-corrected chi connectivity index (χ1v) is 5.64. The number of amides is 3. The van der Waals surface area contributed by atoms with E-state index in [2.05, 4.69) is 0 Å². The second-order valence-electron chi connectivity index (χ2n) is 4.27. The van der Waals surface area contributed by atoms with Gasteiger partial charge in [-0.3, -0.25) is 14.4 Å². The molecule has 0 aliphatic carbocycles. The Balaban J connectivity index is 3.11. The van der Waals surface area contributed by atoms with Gasteiger partial charge in [0, 0.05) is 16.8 Å². The molecule has 0 saturated heterocycles. The average molecular weight is 282 g/mol. The number of hydrogen-bond donors (Lipinski definition) is 3. The molecule has 0 atom stereocenters. The van der Waals surface area contributed by atoms with Gasteiger partial charge in [-0.05, 0) is 19.1 Å². The van der Waals surface area contributed by atoms with Gasteiger partial charge in [0.05, 0.1) is 0 Å². The lowest BCUT2D eigenvalue weighted by Gasteiger charge is -2.20. The molecule has 0 unspecified atom stereocenters. The highest BCUT2D eigenvalue weighted by Gasteiger charge is 2.21. The van der Waals surface area contributed by atoms with Gasteiger partial charge in [-0.25, -0.2) is 4.39 Å². The molecule has 108 valence electrons. The van der Waals surface area contributed by atoms with Gasteiger partial charge in [0.25, 0.3) is 5.91 Å². The topological polar surface area (TPSA) is 133 Å². The molecule has 0 saturated carbocycles. The maximum atomic E-state index is 13.6. The smallest absolute Gasteiger partial charge is 0.254 e. The van der Waals surface area contributed by atoms with Crippen LogP contribution in [0.4, 0.5) is 10.1 Å². The van der Waals surface area contributed by atoms with Crippen LogP contribution in [0.2, 0.25) is 0 Å². The molecule has 1 rings (SSSR count). The summed E-state index contributed by atoms with van der Waals surface area (Å²) in [5, 5.41) is 0. The van der Waals surface area contributed by atoms with Gasteiger partial charge in [-0.2, -0.15) is 0 Å². The van der Waals surface area contributed by atoms with E-state index in [1.54, 1.807) is 0 Å². The van der Waals surface area contributed by atoms with Crippen LogP contribution in [0, 0.1) is 12.7 Å². The molecule has 0 radical (unpaired) electrons. The van der Waals surface area contributed by atoms with Gasteiger partial charge in [-0.1, -0.05) is 0 Å². The van der Waals surface area contributed by atoms with E-state index in [9.17, 15) is 18.8 Å². The number of carbonyl (C=O) groups excluding carboxylic acids is 3. The summed E-state index contributed by atoms with van der Waals surface area (Å²) in [5.41, 5.74) is 15.7. The number of halogens is 1. The molecule has 20 heavy (non-hydrogen) atoms. The minimum absolute atomic E-state index is 0.0893. The summed E-state index contributed by atoms with van der Waals surface area (Å²) in [6.07, 6.45) is 0. The molecule has 0 fully saturated rings. The SMILES string of the molecule is Cc1c(N)cc(C(=O)N(CC(N)=O)CC(N)=O)cc1F. The summed E-state index contributed by atoms with van der Waals surface area (Å²) in [6, 6.07) is 2.23. The molecule has 0 aliphatic heterocycles. The third-order valence-corrected chi connectivity index (χ3v) is 2.61. The van der Waals surface area contributed by atoms with Crippen molar-refractivity contribution < 1.29 is 18.8 Å². The summed E-state index contributed by atoms with van der Waals surface area (Å²) in [4.78, 5) is 34.7. The van der Waals surface area contributed by atoms with Crippen LogP contribution in [0.5, 0.6) is 0 Å². The van der Waals surface area contributed by atoms with Gasteiger partial charge in [-0.15, -0.1) is 0 Å². The zero-order valence-electron chi connectivity index (χ0n) is 10.9. The Bertz CT molecular complexity index is 535. The lowest BCUT2D eigenvalue weighted by atomic mass is 10.1. The van der Waals surface area contributed by atoms with E-state index in [0.29, 0.717) is 0 Å². The van der Waals surface area contributed by atoms with Crippen molar-refractivity contribution in [3.05, 3.63) is 29.1 Å². The number of nitrogen functional groups attached to an aromatic ring is 1. The molecule has 3 amide bonds. The summed E-state index contributed by atoms with van der Waals surface area (Å²) >= 11 is 0. The number of nitrogens with zero attached hydrogens (tertiary/aromatic N) is 1. The highest BCUT2D eigenvalue weighted by Crippen LogP contribution is 2.18. The first-order chi connectivity index (χ1) is 9.22. The molecular formula is C12H15FN4O3. The average Bonchev–Trinajstić information content (AvgIpc) is 2.32. The van der Waals surface area contributed by atoms with Gasteiger partial charge < -0.3 is 22.1 Å². The number of benzene rings is 1. The van der Waals surface area contributed by atoms with Crippen molar-refractivity contribution in [3.8, 4) is 0 Å². The minimum Gasteiger partial charge on any atom is -0.398 e. The largest absolute Gasteiger partial charge is 0.398 e. The first-order valence-electron chi connectivity index (χ1n) is 5.64. The van der Waals surface area contributed by atoms with Gasteiger partial charge >= 0.3 is 0 Å². The zero-order chi connectivity index (χ0) is 15.4. The Morgan fingerprint density at radius 2 is 1.65 bits per heavy atom.